The Kier molecular flexibility index (Phi) is 9.01. The smallest absolute Gasteiger partial charge is 0.191 e. The summed E-state index contributed by atoms with van der Waals surface area (Å²) in [7, 11) is 3.43. The van der Waals surface area contributed by atoms with E-state index < -0.39 is 0 Å². The van der Waals surface area contributed by atoms with Gasteiger partial charge in [-0.1, -0.05) is 25.0 Å². The van der Waals surface area contributed by atoms with Crippen LogP contribution in [0.15, 0.2) is 29.3 Å². The molecule has 1 aliphatic carbocycles. The van der Waals surface area contributed by atoms with E-state index in [1.165, 1.54) is 37.8 Å². The lowest BCUT2D eigenvalue weighted by atomic mass is 9.83. The number of guanidine groups is 1. The summed E-state index contributed by atoms with van der Waals surface area (Å²) in [6.45, 7) is 5.01. The normalized spacial score (nSPS) is 17.7. The van der Waals surface area contributed by atoms with Gasteiger partial charge in [-0.2, -0.15) is 0 Å². The van der Waals surface area contributed by atoms with Crippen LogP contribution < -0.4 is 10.6 Å². The zero-order valence-electron chi connectivity index (χ0n) is 16.9. The number of hydrogen-bond donors (Lipinski definition) is 2. The number of benzene rings is 1. The molecule has 2 N–H and O–H groups in total. The second kappa shape index (κ2) is 11.2. The van der Waals surface area contributed by atoms with Crippen LogP contribution in [0.3, 0.4) is 0 Å². The van der Waals surface area contributed by atoms with Crippen molar-refractivity contribution in [2.75, 3.05) is 40.5 Å². The largest absolute Gasteiger partial charge is 0.385 e. The second-order valence-electron chi connectivity index (χ2n) is 7.30. The van der Waals surface area contributed by atoms with Gasteiger partial charge in [0.25, 0.3) is 0 Å². The van der Waals surface area contributed by atoms with E-state index >= 15 is 0 Å². The van der Waals surface area contributed by atoms with Gasteiger partial charge in [-0.15, -0.1) is 0 Å². The lowest BCUT2D eigenvalue weighted by Crippen LogP contribution is -2.40. The van der Waals surface area contributed by atoms with Gasteiger partial charge in [-0.25, -0.2) is 4.39 Å². The van der Waals surface area contributed by atoms with E-state index in [-0.39, 0.29) is 17.3 Å². The van der Waals surface area contributed by atoms with Gasteiger partial charge >= 0.3 is 0 Å². The topological polar surface area (TPSA) is 54.9 Å². The van der Waals surface area contributed by atoms with E-state index in [9.17, 15) is 4.39 Å². The Morgan fingerprint density at radius 2 is 1.89 bits per heavy atom. The minimum atomic E-state index is -0.241. The van der Waals surface area contributed by atoms with Crippen LogP contribution in [0.25, 0.3) is 0 Å². The van der Waals surface area contributed by atoms with Crippen molar-refractivity contribution >= 4 is 5.96 Å². The number of hydrogen-bond acceptors (Lipinski definition) is 3. The van der Waals surface area contributed by atoms with Gasteiger partial charge < -0.3 is 20.1 Å². The molecule has 1 aromatic carbocycles. The molecule has 0 bridgehead atoms. The highest BCUT2D eigenvalue weighted by atomic mass is 19.1. The molecule has 2 rings (SSSR count). The molecule has 0 saturated heterocycles. The van der Waals surface area contributed by atoms with Crippen molar-refractivity contribution in [3.63, 3.8) is 0 Å². The van der Waals surface area contributed by atoms with E-state index in [1.807, 2.05) is 0 Å². The number of nitrogens with one attached hydrogen (secondary N) is 2. The first-order valence-electron chi connectivity index (χ1n) is 9.92. The number of rotatable bonds is 10. The summed E-state index contributed by atoms with van der Waals surface area (Å²) in [4.78, 5) is 4.86. The first kappa shape index (κ1) is 21.6. The van der Waals surface area contributed by atoms with Crippen LogP contribution in [0.2, 0.25) is 0 Å². The quantitative estimate of drug-likeness (QED) is 0.481. The third kappa shape index (κ3) is 6.78. The highest BCUT2D eigenvalue weighted by Crippen LogP contribution is 2.41. The predicted molar refractivity (Wildman–Crippen MR) is 108 cm³/mol. The summed E-state index contributed by atoms with van der Waals surface area (Å²) in [5.41, 5.74) is 1.20. The number of nitrogens with zero attached hydrogens (tertiary/aromatic N) is 1. The fourth-order valence-electron chi connectivity index (χ4n) is 3.72. The first-order chi connectivity index (χ1) is 13.1. The fourth-order valence-corrected chi connectivity index (χ4v) is 3.72. The van der Waals surface area contributed by atoms with E-state index in [4.69, 9.17) is 14.5 Å². The average molecular weight is 380 g/mol. The monoisotopic (exact) mass is 379 g/mol. The Morgan fingerprint density at radius 3 is 2.48 bits per heavy atom. The van der Waals surface area contributed by atoms with Crippen LogP contribution in [0.1, 0.15) is 50.7 Å². The number of methoxy groups -OCH3 is 2. The molecule has 0 heterocycles. The van der Waals surface area contributed by atoms with Gasteiger partial charge in [-0.05, 0) is 49.3 Å². The molecular formula is C21H34FN3O2. The van der Waals surface area contributed by atoms with Gasteiger partial charge in [0.05, 0.1) is 6.10 Å². The van der Waals surface area contributed by atoms with Gasteiger partial charge in [0.15, 0.2) is 5.96 Å². The molecule has 1 unspecified atom stereocenters. The molecule has 5 nitrogen and oxygen atoms in total. The second-order valence-corrected chi connectivity index (χ2v) is 7.30. The van der Waals surface area contributed by atoms with Gasteiger partial charge in [0, 0.05) is 40.5 Å². The van der Waals surface area contributed by atoms with Crippen LogP contribution in [-0.2, 0) is 9.47 Å². The van der Waals surface area contributed by atoms with Crippen molar-refractivity contribution in [1.82, 2.24) is 10.6 Å². The highest BCUT2D eigenvalue weighted by Gasteiger charge is 2.33. The molecule has 0 amide bonds. The maximum absolute atomic E-state index is 13.1. The van der Waals surface area contributed by atoms with Crippen LogP contribution in [0, 0.1) is 11.2 Å². The molecule has 27 heavy (non-hydrogen) atoms. The molecule has 1 aliphatic rings. The summed E-state index contributed by atoms with van der Waals surface area (Å²) >= 11 is 0. The van der Waals surface area contributed by atoms with Crippen LogP contribution in [0.5, 0.6) is 0 Å². The van der Waals surface area contributed by atoms with E-state index in [2.05, 4.69) is 17.6 Å². The maximum atomic E-state index is 13.1. The Balaban J connectivity index is 1.98. The van der Waals surface area contributed by atoms with E-state index in [0.717, 1.165) is 37.6 Å². The van der Waals surface area contributed by atoms with Crippen molar-refractivity contribution in [2.45, 2.75) is 45.1 Å². The summed E-state index contributed by atoms with van der Waals surface area (Å²) in [5.74, 6) is 0.555. The predicted octanol–water partition coefficient (Wildman–Crippen LogP) is 3.67. The van der Waals surface area contributed by atoms with Crippen LogP contribution >= 0.6 is 0 Å². The number of aliphatic imine (C=N–C) groups is 1. The Morgan fingerprint density at radius 1 is 1.19 bits per heavy atom. The standard InChI is InChI=1S/C21H34FN3O2/c1-4-23-20(25-16-21(13-14-26-2)11-5-6-12-21)24-15-19(27-3)17-7-9-18(22)10-8-17/h7-10,19H,4-6,11-16H2,1-3H3,(H2,23,24,25). The summed E-state index contributed by atoms with van der Waals surface area (Å²) < 4.78 is 24.0. The molecule has 0 aliphatic heterocycles. The van der Waals surface area contributed by atoms with Gasteiger partial charge in [0.1, 0.15) is 5.82 Å². The fraction of sp³-hybridized carbons (Fsp3) is 0.667. The molecule has 1 fully saturated rings. The summed E-state index contributed by atoms with van der Waals surface area (Å²) in [6.07, 6.45) is 5.88. The molecule has 1 saturated carbocycles. The first-order valence-corrected chi connectivity index (χ1v) is 9.92. The molecular weight excluding hydrogens is 345 g/mol. The number of halogens is 1. The van der Waals surface area contributed by atoms with E-state index in [0.29, 0.717) is 6.54 Å². The van der Waals surface area contributed by atoms with Crippen molar-refractivity contribution in [2.24, 2.45) is 10.4 Å². The summed E-state index contributed by atoms with van der Waals surface area (Å²) in [5, 5.41) is 6.68. The molecule has 1 aromatic rings. The molecule has 0 radical (unpaired) electrons. The highest BCUT2D eigenvalue weighted by molar-refractivity contribution is 5.79. The minimum absolute atomic E-state index is 0.164. The van der Waals surface area contributed by atoms with Gasteiger partial charge in [-0.3, -0.25) is 4.99 Å². The molecule has 152 valence electrons. The molecule has 0 spiro atoms. The zero-order chi connectivity index (χ0) is 19.5. The third-order valence-electron chi connectivity index (χ3n) is 5.40. The van der Waals surface area contributed by atoms with Crippen molar-refractivity contribution < 1.29 is 13.9 Å². The third-order valence-corrected chi connectivity index (χ3v) is 5.40. The Labute approximate surface area is 162 Å². The molecule has 0 aromatic heterocycles. The van der Waals surface area contributed by atoms with Crippen molar-refractivity contribution in [3.8, 4) is 0 Å². The lowest BCUT2D eigenvalue weighted by molar-refractivity contribution is 0.106. The zero-order valence-corrected chi connectivity index (χ0v) is 16.9. The molecule has 1 atom stereocenters. The van der Waals surface area contributed by atoms with E-state index in [1.54, 1.807) is 26.4 Å². The summed E-state index contributed by atoms with van der Waals surface area (Å²) in [6, 6.07) is 6.43. The lowest BCUT2D eigenvalue weighted by Gasteiger charge is -2.27. The number of ether oxygens (including phenoxy) is 2. The van der Waals surface area contributed by atoms with Crippen LogP contribution in [0.4, 0.5) is 4.39 Å². The average Bonchev–Trinajstić information content (AvgIpc) is 3.15. The maximum Gasteiger partial charge on any atom is 0.191 e. The van der Waals surface area contributed by atoms with Crippen molar-refractivity contribution in [3.05, 3.63) is 35.6 Å². The van der Waals surface area contributed by atoms with Crippen molar-refractivity contribution in [1.29, 1.82) is 0 Å². The Hall–Kier alpha value is -1.66. The SMILES string of the molecule is CCNC(=NCC1(CCOC)CCCC1)NCC(OC)c1ccc(F)cc1. The minimum Gasteiger partial charge on any atom is -0.385 e. The van der Waals surface area contributed by atoms with Crippen LogP contribution in [-0.4, -0.2) is 46.4 Å². The Bertz CT molecular complexity index is 571. The van der Waals surface area contributed by atoms with Gasteiger partial charge in [0.2, 0.25) is 0 Å². The molecule has 6 heteroatoms.